The van der Waals surface area contributed by atoms with Crippen LogP contribution in [0.4, 0.5) is 0 Å². The SMILES string of the molecule is COc1ccc2c(c1)cc(OC)c1c3c(ccc12)CCCC3.OCCC1(O)C=Cc2ccccc2C1. The van der Waals surface area contributed by atoms with Crippen LogP contribution in [0.1, 0.15) is 41.5 Å². The van der Waals surface area contributed by atoms with Crippen molar-refractivity contribution in [2.45, 2.75) is 44.1 Å². The van der Waals surface area contributed by atoms with Crippen LogP contribution in [-0.2, 0) is 19.3 Å². The van der Waals surface area contributed by atoms with Gasteiger partial charge in [0.2, 0.25) is 0 Å². The molecule has 2 aliphatic rings. The first-order valence-corrected chi connectivity index (χ1v) is 12.7. The summed E-state index contributed by atoms with van der Waals surface area (Å²) in [4.78, 5) is 0. The van der Waals surface area contributed by atoms with Crippen molar-refractivity contribution in [1.29, 1.82) is 0 Å². The highest BCUT2D eigenvalue weighted by Crippen LogP contribution is 2.40. The summed E-state index contributed by atoms with van der Waals surface area (Å²) in [5, 5.41) is 23.9. The van der Waals surface area contributed by atoms with E-state index in [0.717, 1.165) is 29.0 Å². The first kappa shape index (κ1) is 24.4. The molecule has 4 nitrogen and oxygen atoms in total. The van der Waals surface area contributed by atoms with Gasteiger partial charge in [-0.3, -0.25) is 0 Å². The number of aliphatic hydroxyl groups is 2. The summed E-state index contributed by atoms with van der Waals surface area (Å²) >= 11 is 0. The molecule has 36 heavy (non-hydrogen) atoms. The molecule has 0 bridgehead atoms. The van der Waals surface area contributed by atoms with E-state index in [1.54, 1.807) is 20.3 Å². The van der Waals surface area contributed by atoms with Gasteiger partial charge >= 0.3 is 0 Å². The van der Waals surface area contributed by atoms with Gasteiger partial charge in [-0.15, -0.1) is 0 Å². The number of hydrogen-bond acceptors (Lipinski definition) is 4. The number of methoxy groups -OCH3 is 2. The van der Waals surface area contributed by atoms with Crippen LogP contribution in [-0.4, -0.2) is 36.6 Å². The summed E-state index contributed by atoms with van der Waals surface area (Å²) in [5.74, 6) is 1.86. The minimum absolute atomic E-state index is 0.0169. The van der Waals surface area contributed by atoms with Crippen LogP contribution in [0.3, 0.4) is 0 Å². The number of aryl methyl sites for hydroxylation is 2. The molecule has 0 amide bonds. The van der Waals surface area contributed by atoms with Gasteiger partial charge in [-0.25, -0.2) is 0 Å². The molecule has 0 heterocycles. The number of benzene rings is 4. The maximum atomic E-state index is 10.1. The molecule has 4 heteroatoms. The lowest BCUT2D eigenvalue weighted by atomic mass is 9.84. The van der Waals surface area contributed by atoms with Gasteiger partial charge in [0, 0.05) is 24.8 Å². The molecule has 0 spiro atoms. The van der Waals surface area contributed by atoms with Gasteiger partial charge in [0.25, 0.3) is 0 Å². The van der Waals surface area contributed by atoms with Gasteiger partial charge < -0.3 is 19.7 Å². The summed E-state index contributed by atoms with van der Waals surface area (Å²) in [6.07, 6.45) is 9.62. The van der Waals surface area contributed by atoms with Crippen LogP contribution in [0.25, 0.3) is 27.6 Å². The molecular weight excluding hydrogens is 448 g/mol. The smallest absolute Gasteiger partial charge is 0.127 e. The topological polar surface area (TPSA) is 58.9 Å². The molecule has 4 aromatic rings. The second kappa shape index (κ2) is 10.3. The van der Waals surface area contributed by atoms with Crippen molar-refractivity contribution in [3.63, 3.8) is 0 Å². The average molecular weight is 483 g/mol. The normalized spacial score (nSPS) is 18.2. The number of hydrogen-bond donors (Lipinski definition) is 2. The molecule has 1 unspecified atom stereocenters. The van der Waals surface area contributed by atoms with Gasteiger partial charge in [0.05, 0.1) is 19.8 Å². The van der Waals surface area contributed by atoms with Gasteiger partial charge in [-0.05, 0) is 82.3 Å². The lowest BCUT2D eigenvalue weighted by molar-refractivity contribution is 0.0609. The quantitative estimate of drug-likeness (QED) is 0.337. The lowest BCUT2D eigenvalue weighted by Gasteiger charge is -2.28. The Morgan fingerprint density at radius 3 is 2.47 bits per heavy atom. The van der Waals surface area contributed by atoms with Crippen LogP contribution in [0.2, 0.25) is 0 Å². The van der Waals surface area contributed by atoms with Crippen molar-refractivity contribution in [3.05, 3.63) is 89.0 Å². The monoisotopic (exact) mass is 482 g/mol. The Balaban J connectivity index is 0.000000165. The predicted molar refractivity (Wildman–Crippen MR) is 147 cm³/mol. The van der Waals surface area contributed by atoms with Crippen molar-refractivity contribution in [1.82, 2.24) is 0 Å². The summed E-state index contributed by atoms with van der Waals surface area (Å²) in [7, 11) is 3.47. The molecule has 4 aromatic carbocycles. The second-order valence-electron chi connectivity index (χ2n) is 9.78. The summed E-state index contributed by atoms with van der Waals surface area (Å²) in [6.45, 7) is 0.0169. The molecule has 2 N–H and O–H groups in total. The molecule has 186 valence electrons. The van der Waals surface area contributed by atoms with Crippen LogP contribution in [0.15, 0.2) is 66.7 Å². The van der Waals surface area contributed by atoms with E-state index in [-0.39, 0.29) is 6.61 Å². The highest BCUT2D eigenvalue weighted by atomic mass is 16.5. The van der Waals surface area contributed by atoms with Gasteiger partial charge in [0.15, 0.2) is 0 Å². The summed E-state index contributed by atoms with van der Waals surface area (Å²) in [6, 6.07) is 21.0. The van der Waals surface area contributed by atoms with E-state index < -0.39 is 5.60 Å². The summed E-state index contributed by atoms with van der Waals surface area (Å²) in [5.41, 5.74) is 4.42. The highest BCUT2D eigenvalue weighted by molar-refractivity contribution is 6.12. The van der Waals surface area contributed by atoms with Crippen molar-refractivity contribution in [2.75, 3.05) is 20.8 Å². The Labute approximate surface area is 212 Å². The molecule has 0 aliphatic heterocycles. The molecule has 0 saturated heterocycles. The number of fused-ring (bicyclic) bond motifs is 6. The predicted octanol–water partition coefficient (Wildman–Crippen LogP) is 6.26. The molecule has 0 radical (unpaired) electrons. The van der Waals surface area contributed by atoms with Crippen molar-refractivity contribution < 1.29 is 19.7 Å². The number of ether oxygens (including phenoxy) is 2. The maximum absolute atomic E-state index is 10.1. The van der Waals surface area contributed by atoms with Crippen LogP contribution >= 0.6 is 0 Å². The van der Waals surface area contributed by atoms with E-state index in [2.05, 4.69) is 30.3 Å². The van der Waals surface area contributed by atoms with Crippen LogP contribution in [0.5, 0.6) is 11.5 Å². The van der Waals surface area contributed by atoms with Crippen molar-refractivity contribution in [3.8, 4) is 11.5 Å². The third kappa shape index (κ3) is 4.71. The zero-order chi connectivity index (χ0) is 25.1. The van der Waals surface area contributed by atoms with Crippen LogP contribution in [0, 0.1) is 0 Å². The van der Waals surface area contributed by atoms with E-state index in [9.17, 15) is 5.11 Å². The largest absolute Gasteiger partial charge is 0.497 e. The van der Waals surface area contributed by atoms with E-state index in [1.165, 1.54) is 51.9 Å². The Bertz CT molecular complexity index is 1420. The fourth-order valence-electron chi connectivity index (χ4n) is 5.60. The Kier molecular flexibility index (Phi) is 6.99. The molecule has 2 aliphatic carbocycles. The van der Waals surface area contributed by atoms with Crippen molar-refractivity contribution in [2.24, 2.45) is 0 Å². The van der Waals surface area contributed by atoms with E-state index >= 15 is 0 Å². The lowest BCUT2D eigenvalue weighted by Crippen LogP contribution is -2.32. The average Bonchev–Trinajstić information content (AvgIpc) is 2.92. The van der Waals surface area contributed by atoms with Gasteiger partial charge in [-0.2, -0.15) is 0 Å². The molecule has 0 saturated carbocycles. The molecular formula is C32H34O4. The standard InChI is InChI=1S/C20H20O2.C12H14O2/c1-21-15-8-10-16-14(11-15)12-19(22-2)20-17-6-4-3-5-13(17)7-9-18(16)20;13-8-7-12(14)6-5-10-3-1-2-4-11(10)9-12/h7-12H,3-6H2,1-2H3;1-6,13-14H,7-9H2. The summed E-state index contributed by atoms with van der Waals surface area (Å²) < 4.78 is 11.1. The van der Waals surface area contributed by atoms with Gasteiger partial charge in [0.1, 0.15) is 11.5 Å². The fraction of sp³-hybridized carbons (Fsp3) is 0.312. The number of rotatable bonds is 4. The minimum Gasteiger partial charge on any atom is -0.497 e. The maximum Gasteiger partial charge on any atom is 0.127 e. The Morgan fingerprint density at radius 1 is 0.861 bits per heavy atom. The zero-order valence-electron chi connectivity index (χ0n) is 21.1. The van der Waals surface area contributed by atoms with Gasteiger partial charge in [-0.1, -0.05) is 54.6 Å². The van der Waals surface area contributed by atoms with E-state index in [1.807, 2.05) is 36.4 Å². The molecule has 0 fully saturated rings. The van der Waals surface area contributed by atoms with Crippen LogP contribution < -0.4 is 9.47 Å². The zero-order valence-corrected chi connectivity index (χ0v) is 21.1. The first-order valence-electron chi connectivity index (χ1n) is 12.7. The van der Waals surface area contributed by atoms with E-state index in [0.29, 0.717) is 12.8 Å². The van der Waals surface area contributed by atoms with Crippen molar-refractivity contribution >= 4 is 27.6 Å². The Morgan fingerprint density at radius 2 is 1.67 bits per heavy atom. The third-order valence-corrected chi connectivity index (χ3v) is 7.50. The molecule has 1 atom stereocenters. The fourth-order valence-corrected chi connectivity index (χ4v) is 5.60. The van der Waals surface area contributed by atoms with E-state index in [4.69, 9.17) is 14.6 Å². The number of aliphatic hydroxyl groups excluding tert-OH is 1. The second-order valence-corrected chi connectivity index (χ2v) is 9.78. The highest BCUT2D eigenvalue weighted by Gasteiger charge is 2.27. The Hall–Kier alpha value is -3.34. The third-order valence-electron chi connectivity index (χ3n) is 7.50. The molecule has 6 rings (SSSR count). The minimum atomic E-state index is -0.858. The first-order chi connectivity index (χ1) is 17.5. The molecule has 0 aromatic heterocycles.